The van der Waals surface area contributed by atoms with Crippen LogP contribution in [0.1, 0.15) is 52.9 Å². The van der Waals surface area contributed by atoms with E-state index in [-0.39, 0.29) is 0 Å². The average molecular weight is 359 g/mol. The van der Waals surface area contributed by atoms with Crippen LogP contribution in [0.3, 0.4) is 0 Å². The Balaban J connectivity index is 2.29. The third kappa shape index (κ3) is 7.00. The van der Waals surface area contributed by atoms with E-state index >= 15 is 0 Å². The van der Waals surface area contributed by atoms with Crippen LogP contribution in [0.25, 0.3) is 11.1 Å². The molecule has 0 aliphatic heterocycles. The molecule has 0 saturated heterocycles. The Kier molecular flexibility index (Phi) is 6.58. The van der Waals surface area contributed by atoms with E-state index in [1.165, 1.54) is 22.5 Å². The second-order valence-electron chi connectivity index (χ2n) is 8.41. The molecule has 0 bridgehead atoms. The molecule has 2 aromatic rings. The minimum Gasteiger partial charge on any atom is -0.257 e. The highest BCUT2D eigenvalue weighted by atomic mass is 31.1. The standard InChI is InChI=1S/C21H31NP2/c1-20(2,3)23-14-18-12-17(16-10-8-7-9-11-16)13-19(22-18)15-24-21(4,5)6/h7-13,23-24H,14-15H2,1-6H3. The van der Waals surface area contributed by atoms with E-state index in [9.17, 15) is 0 Å². The molecule has 0 fully saturated rings. The van der Waals surface area contributed by atoms with Gasteiger partial charge in [0.25, 0.3) is 0 Å². The summed E-state index contributed by atoms with van der Waals surface area (Å²) in [6.45, 7) is 13.9. The van der Waals surface area contributed by atoms with Gasteiger partial charge in [-0.1, -0.05) is 71.9 Å². The first-order valence-electron chi connectivity index (χ1n) is 8.68. The predicted molar refractivity (Wildman–Crippen MR) is 113 cm³/mol. The summed E-state index contributed by atoms with van der Waals surface area (Å²) < 4.78 is 0. The molecule has 2 rings (SSSR count). The van der Waals surface area contributed by atoms with Gasteiger partial charge in [0.2, 0.25) is 0 Å². The number of aromatic nitrogens is 1. The van der Waals surface area contributed by atoms with E-state index in [0.717, 1.165) is 29.5 Å². The van der Waals surface area contributed by atoms with Crippen molar-refractivity contribution in [1.29, 1.82) is 0 Å². The molecule has 1 aromatic heterocycles. The molecule has 2 unspecified atom stereocenters. The second kappa shape index (κ2) is 8.07. The van der Waals surface area contributed by atoms with Gasteiger partial charge in [0.05, 0.1) is 0 Å². The number of rotatable bonds is 5. The number of hydrogen-bond acceptors (Lipinski definition) is 1. The zero-order chi connectivity index (χ0) is 17.8. The summed E-state index contributed by atoms with van der Waals surface area (Å²) in [4.78, 5) is 4.98. The highest BCUT2D eigenvalue weighted by Crippen LogP contribution is 2.37. The van der Waals surface area contributed by atoms with E-state index < -0.39 is 0 Å². The van der Waals surface area contributed by atoms with Crippen LogP contribution in [0.15, 0.2) is 42.5 Å². The highest BCUT2D eigenvalue weighted by molar-refractivity contribution is 7.39. The molecular weight excluding hydrogens is 328 g/mol. The molecule has 1 nitrogen and oxygen atoms in total. The number of pyridine rings is 1. The summed E-state index contributed by atoms with van der Waals surface area (Å²) in [6.07, 6.45) is 2.16. The highest BCUT2D eigenvalue weighted by Gasteiger charge is 2.14. The van der Waals surface area contributed by atoms with Gasteiger partial charge in [0, 0.05) is 23.7 Å². The Hall–Kier alpha value is -0.770. The maximum absolute atomic E-state index is 4.98. The van der Waals surface area contributed by atoms with Crippen LogP contribution in [0.4, 0.5) is 0 Å². The number of benzene rings is 1. The largest absolute Gasteiger partial charge is 0.257 e. The van der Waals surface area contributed by atoms with Crippen molar-refractivity contribution >= 4 is 17.2 Å². The van der Waals surface area contributed by atoms with Crippen molar-refractivity contribution in [2.75, 3.05) is 0 Å². The summed E-state index contributed by atoms with van der Waals surface area (Å²) in [6, 6.07) is 15.3. The fourth-order valence-electron chi connectivity index (χ4n) is 2.34. The van der Waals surface area contributed by atoms with Crippen LogP contribution >= 0.6 is 17.2 Å². The smallest absolute Gasteiger partial charge is 0.0453 e. The van der Waals surface area contributed by atoms with Crippen molar-refractivity contribution in [2.45, 2.75) is 64.2 Å². The molecular formula is C21H31NP2. The van der Waals surface area contributed by atoms with Crippen LogP contribution < -0.4 is 0 Å². The molecule has 0 aliphatic carbocycles. The van der Waals surface area contributed by atoms with Gasteiger partial charge in [-0.05, 0) is 33.6 Å². The summed E-state index contributed by atoms with van der Waals surface area (Å²) >= 11 is 0. The third-order valence-corrected chi connectivity index (χ3v) is 6.84. The van der Waals surface area contributed by atoms with Crippen molar-refractivity contribution in [2.24, 2.45) is 0 Å². The minimum atomic E-state index is 0.373. The molecule has 0 saturated carbocycles. The lowest BCUT2D eigenvalue weighted by molar-refractivity contribution is 0.789. The van der Waals surface area contributed by atoms with Crippen molar-refractivity contribution in [3.63, 3.8) is 0 Å². The second-order valence-corrected chi connectivity index (χ2v) is 12.8. The maximum Gasteiger partial charge on any atom is 0.0453 e. The van der Waals surface area contributed by atoms with E-state index in [4.69, 9.17) is 4.98 Å². The quantitative estimate of drug-likeness (QED) is 0.541. The topological polar surface area (TPSA) is 12.9 Å². The molecule has 0 N–H and O–H groups in total. The molecule has 0 spiro atoms. The fourth-order valence-corrected chi connectivity index (χ4v) is 4.12. The monoisotopic (exact) mass is 359 g/mol. The van der Waals surface area contributed by atoms with Crippen LogP contribution in [-0.2, 0) is 12.3 Å². The fraction of sp³-hybridized carbons (Fsp3) is 0.476. The summed E-state index contributed by atoms with van der Waals surface area (Å²) in [5, 5.41) is 0.746. The van der Waals surface area contributed by atoms with Crippen molar-refractivity contribution in [3.8, 4) is 11.1 Å². The number of nitrogens with zero attached hydrogens (tertiary/aromatic N) is 1. The maximum atomic E-state index is 4.98. The van der Waals surface area contributed by atoms with E-state index in [2.05, 4.69) is 84.0 Å². The van der Waals surface area contributed by atoms with E-state index in [1.807, 2.05) is 0 Å². The first kappa shape index (κ1) is 19.6. The molecule has 3 heteroatoms. The van der Waals surface area contributed by atoms with Crippen molar-refractivity contribution in [1.82, 2.24) is 4.98 Å². The molecule has 0 amide bonds. The normalized spacial score (nSPS) is 13.4. The van der Waals surface area contributed by atoms with Crippen molar-refractivity contribution in [3.05, 3.63) is 53.9 Å². The summed E-state index contributed by atoms with van der Waals surface area (Å²) in [5.41, 5.74) is 5.10. The SMILES string of the molecule is CC(C)(C)PCc1cc(-c2ccccc2)cc(CPC(C)(C)C)n1. The van der Waals surface area contributed by atoms with E-state index in [0.29, 0.717) is 10.3 Å². The van der Waals surface area contributed by atoms with Crippen LogP contribution in [0.5, 0.6) is 0 Å². The third-order valence-electron chi connectivity index (χ3n) is 3.64. The van der Waals surface area contributed by atoms with Gasteiger partial charge in [-0.2, -0.15) is 0 Å². The summed E-state index contributed by atoms with van der Waals surface area (Å²) in [7, 11) is 1.80. The predicted octanol–water partition coefficient (Wildman–Crippen LogP) is 6.70. The van der Waals surface area contributed by atoms with E-state index in [1.54, 1.807) is 0 Å². The van der Waals surface area contributed by atoms with Gasteiger partial charge >= 0.3 is 0 Å². The Labute approximate surface area is 151 Å². The molecule has 0 aliphatic rings. The number of hydrogen-bond donors (Lipinski definition) is 0. The zero-order valence-corrected chi connectivity index (χ0v) is 17.9. The Morgan fingerprint density at radius 1 is 0.708 bits per heavy atom. The first-order valence-corrected chi connectivity index (χ1v) is 11.1. The lowest BCUT2D eigenvalue weighted by Gasteiger charge is -2.20. The first-order chi connectivity index (χ1) is 11.1. The van der Waals surface area contributed by atoms with Gasteiger partial charge < -0.3 is 0 Å². The van der Waals surface area contributed by atoms with Gasteiger partial charge in [0.15, 0.2) is 0 Å². The molecule has 1 heterocycles. The molecule has 0 radical (unpaired) electrons. The van der Waals surface area contributed by atoms with Crippen LogP contribution in [0, 0.1) is 0 Å². The average Bonchev–Trinajstić information content (AvgIpc) is 2.50. The molecule has 130 valence electrons. The Morgan fingerprint density at radius 3 is 1.58 bits per heavy atom. The van der Waals surface area contributed by atoms with Crippen molar-refractivity contribution < 1.29 is 0 Å². The van der Waals surface area contributed by atoms with Gasteiger partial charge in [-0.3, -0.25) is 4.98 Å². The lowest BCUT2D eigenvalue weighted by Crippen LogP contribution is -2.07. The molecule has 1 aromatic carbocycles. The lowest BCUT2D eigenvalue weighted by atomic mass is 10.1. The van der Waals surface area contributed by atoms with Crippen LogP contribution in [-0.4, -0.2) is 15.3 Å². The molecule has 24 heavy (non-hydrogen) atoms. The summed E-state index contributed by atoms with van der Waals surface area (Å²) in [5.74, 6) is 0. The minimum absolute atomic E-state index is 0.373. The Morgan fingerprint density at radius 2 is 1.17 bits per heavy atom. The van der Waals surface area contributed by atoms with Gasteiger partial charge in [-0.25, -0.2) is 0 Å². The molecule has 2 atom stereocenters. The van der Waals surface area contributed by atoms with Crippen LogP contribution in [0.2, 0.25) is 0 Å². The Bertz CT molecular complexity index is 616. The van der Waals surface area contributed by atoms with Gasteiger partial charge in [0.1, 0.15) is 0 Å². The van der Waals surface area contributed by atoms with Gasteiger partial charge in [-0.15, -0.1) is 17.2 Å². The zero-order valence-electron chi connectivity index (χ0n) is 15.9.